The van der Waals surface area contributed by atoms with Crippen molar-refractivity contribution in [3.63, 3.8) is 0 Å². The summed E-state index contributed by atoms with van der Waals surface area (Å²) in [5.41, 5.74) is 1.81. The summed E-state index contributed by atoms with van der Waals surface area (Å²) in [5.74, 6) is 2.97. The van der Waals surface area contributed by atoms with E-state index in [2.05, 4.69) is 42.0 Å². The van der Waals surface area contributed by atoms with Gasteiger partial charge in [-0.2, -0.15) is 4.98 Å². The third-order valence-electron chi connectivity index (χ3n) is 4.01. The van der Waals surface area contributed by atoms with Crippen molar-refractivity contribution in [1.82, 2.24) is 9.97 Å². The first kappa shape index (κ1) is 18.8. The first-order valence-electron chi connectivity index (χ1n) is 8.77. The summed E-state index contributed by atoms with van der Waals surface area (Å²) >= 11 is 0. The summed E-state index contributed by atoms with van der Waals surface area (Å²) in [7, 11) is 3.28. The van der Waals surface area contributed by atoms with Crippen molar-refractivity contribution < 1.29 is 9.47 Å². The van der Waals surface area contributed by atoms with E-state index in [-0.39, 0.29) is 0 Å². The minimum absolute atomic E-state index is 0.569. The normalized spacial score (nSPS) is 10.4. The molecular weight excluding hydrogens is 316 g/mol. The molecule has 0 amide bonds. The van der Waals surface area contributed by atoms with Crippen molar-refractivity contribution in [1.29, 1.82) is 0 Å². The molecule has 6 heteroatoms. The number of aromatic nitrogens is 2. The van der Waals surface area contributed by atoms with Crippen LogP contribution in [0.2, 0.25) is 0 Å². The van der Waals surface area contributed by atoms with Gasteiger partial charge in [-0.15, -0.1) is 0 Å². The third kappa shape index (κ3) is 4.75. The highest BCUT2D eigenvalue weighted by Crippen LogP contribution is 2.31. The van der Waals surface area contributed by atoms with Gasteiger partial charge in [-0.25, -0.2) is 4.98 Å². The Labute approximate surface area is 150 Å². The van der Waals surface area contributed by atoms with Crippen molar-refractivity contribution in [2.75, 3.05) is 37.5 Å². The van der Waals surface area contributed by atoms with Crippen molar-refractivity contribution in [3.05, 3.63) is 30.0 Å². The van der Waals surface area contributed by atoms with Crippen LogP contribution in [-0.2, 0) is 6.42 Å². The maximum Gasteiger partial charge on any atom is 0.229 e. The van der Waals surface area contributed by atoms with Gasteiger partial charge in [0.05, 0.1) is 19.9 Å². The molecule has 0 aliphatic rings. The number of ether oxygens (including phenoxy) is 2. The van der Waals surface area contributed by atoms with Crippen molar-refractivity contribution >= 4 is 17.5 Å². The van der Waals surface area contributed by atoms with E-state index >= 15 is 0 Å². The predicted octanol–water partition coefficient (Wildman–Crippen LogP) is 4.04. The number of rotatable bonds is 9. The van der Waals surface area contributed by atoms with E-state index in [1.54, 1.807) is 14.2 Å². The maximum atomic E-state index is 5.43. The Balaban J connectivity index is 2.41. The minimum atomic E-state index is 0.569. The van der Waals surface area contributed by atoms with Gasteiger partial charge in [-0.1, -0.05) is 13.3 Å². The fourth-order valence-corrected chi connectivity index (χ4v) is 2.67. The zero-order chi connectivity index (χ0) is 18.2. The van der Waals surface area contributed by atoms with Gasteiger partial charge in [0.15, 0.2) is 0 Å². The second-order valence-corrected chi connectivity index (χ2v) is 5.65. The Bertz CT molecular complexity index is 687. The summed E-state index contributed by atoms with van der Waals surface area (Å²) < 4.78 is 10.7. The van der Waals surface area contributed by atoms with Crippen LogP contribution in [0.3, 0.4) is 0 Å². The van der Waals surface area contributed by atoms with Gasteiger partial charge in [0, 0.05) is 30.9 Å². The molecule has 1 N–H and O–H groups in total. The molecule has 2 rings (SSSR count). The standard InChI is InChI=1S/C19H28N4O2/c1-6-9-14-12-18(23(7-2)8-3)22-19(20-14)21-16-13-15(24-4)10-11-17(16)25-5/h10-13H,6-9H2,1-5H3,(H,20,21,22). The van der Waals surface area contributed by atoms with E-state index in [0.717, 1.165) is 54.6 Å². The maximum absolute atomic E-state index is 5.43. The highest BCUT2D eigenvalue weighted by Gasteiger charge is 2.12. The van der Waals surface area contributed by atoms with Crippen molar-refractivity contribution in [2.45, 2.75) is 33.6 Å². The van der Waals surface area contributed by atoms with E-state index < -0.39 is 0 Å². The second-order valence-electron chi connectivity index (χ2n) is 5.65. The van der Waals surface area contributed by atoms with E-state index in [9.17, 15) is 0 Å². The second kappa shape index (κ2) is 9.11. The van der Waals surface area contributed by atoms with Crippen molar-refractivity contribution in [2.24, 2.45) is 0 Å². The van der Waals surface area contributed by atoms with Gasteiger partial charge >= 0.3 is 0 Å². The number of anilines is 3. The van der Waals surface area contributed by atoms with Gasteiger partial charge in [0.1, 0.15) is 17.3 Å². The number of methoxy groups -OCH3 is 2. The molecule has 0 atom stereocenters. The predicted molar refractivity (Wildman–Crippen MR) is 102 cm³/mol. The monoisotopic (exact) mass is 344 g/mol. The Hall–Kier alpha value is -2.50. The van der Waals surface area contributed by atoms with Crippen molar-refractivity contribution in [3.8, 4) is 11.5 Å². The number of nitrogens with zero attached hydrogens (tertiary/aromatic N) is 3. The largest absolute Gasteiger partial charge is 0.497 e. The molecule has 1 heterocycles. The summed E-state index contributed by atoms with van der Waals surface area (Å²) in [5, 5.41) is 3.29. The lowest BCUT2D eigenvalue weighted by molar-refractivity contribution is 0.405. The molecule has 0 aliphatic heterocycles. The molecule has 1 aromatic carbocycles. The quantitative estimate of drug-likeness (QED) is 0.741. The molecule has 0 saturated heterocycles. The van der Waals surface area contributed by atoms with E-state index in [1.807, 2.05) is 18.2 Å². The van der Waals surface area contributed by atoms with Crippen LogP contribution >= 0.6 is 0 Å². The molecule has 136 valence electrons. The lowest BCUT2D eigenvalue weighted by atomic mass is 10.2. The van der Waals surface area contributed by atoms with E-state index in [0.29, 0.717) is 5.95 Å². The molecule has 0 fully saturated rings. The molecule has 0 unspecified atom stereocenters. The molecular formula is C19H28N4O2. The van der Waals surface area contributed by atoms with Crippen LogP contribution in [0.5, 0.6) is 11.5 Å². The number of nitrogens with one attached hydrogen (secondary N) is 1. The summed E-state index contributed by atoms with van der Waals surface area (Å²) in [4.78, 5) is 11.6. The molecule has 0 radical (unpaired) electrons. The first-order chi connectivity index (χ1) is 12.1. The lowest BCUT2D eigenvalue weighted by Crippen LogP contribution is -2.23. The van der Waals surface area contributed by atoms with Crippen LogP contribution in [0.1, 0.15) is 32.9 Å². The van der Waals surface area contributed by atoms with Gasteiger partial charge in [-0.05, 0) is 32.4 Å². The Morgan fingerprint density at radius 1 is 1.00 bits per heavy atom. The van der Waals surface area contributed by atoms with Gasteiger partial charge in [-0.3, -0.25) is 0 Å². The summed E-state index contributed by atoms with van der Waals surface area (Å²) in [6.07, 6.45) is 1.96. The molecule has 6 nitrogen and oxygen atoms in total. The van der Waals surface area contributed by atoms with Crippen LogP contribution in [0.25, 0.3) is 0 Å². The molecule has 0 bridgehead atoms. The molecule has 0 aliphatic carbocycles. The number of hydrogen-bond donors (Lipinski definition) is 1. The smallest absolute Gasteiger partial charge is 0.229 e. The average molecular weight is 344 g/mol. The SMILES string of the molecule is CCCc1cc(N(CC)CC)nc(Nc2cc(OC)ccc2OC)n1. The van der Waals surface area contributed by atoms with Crippen LogP contribution in [-0.4, -0.2) is 37.3 Å². The Morgan fingerprint density at radius 3 is 2.36 bits per heavy atom. The van der Waals surface area contributed by atoms with Crippen LogP contribution < -0.4 is 19.7 Å². The number of aryl methyl sites for hydroxylation is 1. The highest BCUT2D eigenvalue weighted by molar-refractivity contribution is 5.65. The number of benzene rings is 1. The topological polar surface area (TPSA) is 59.5 Å². The Kier molecular flexibility index (Phi) is 6.86. The fraction of sp³-hybridized carbons (Fsp3) is 0.474. The zero-order valence-corrected chi connectivity index (χ0v) is 15.8. The lowest BCUT2D eigenvalue weighted by Gasteiger charge is -2.21. The minimum Gasteiger partial charge on any atom is -0.497 e. The zero-order valence-electron chi connectivity index (χ0n) is 15.8. The molecule has 25 heavy (non-hydrogen) atoms. The van der Waals surface area contributed by atoms with Gasteiger partial charge in [0.25, 0.3) is 0 Å². The van der Waals surface area contributed by atoms with Gasteiger partial charge < -0.3 is 19.7 Å². The van der Waals surface area contributed by atoms with Crippen LogP contribution in [0, 0.1) is 0 Å². The van der Waals surface area contributed by atoms with E-state index in [1.165, 1.54) is 0 Å². The van der Waals surface area contributed by atoms with Crippen LogP contribution in [0.4, 0.5) is 17.5 Å². The van der Waals surface area contributed by atoms with Gasteiger partial charge in [0.2, 0.25) is 5.95 Å². The summed E-state index contributed by atoms with van der Waals surface area (Å²) in [6, 6.07) is 7.68. The third-order valence-corrected chi connectivity index (χ3v) is 4.01. The highest BCUT2D eigenvalue weighted by atomic mass is 16.5. The number of hydrogen-bond acceptors (Lipinski definition) is 6. The Morgan fingerprint density at radius 2 is 1.76 bits per heavy atom. The fourth-order valence-electron chi connectivity index (χ4n) is 2.67. The average Bonchev–Trinajstić information content (AvgIpc) is 2.63. The van der Waals surface area contributed by atoms with Crippen LogP contribution in [0.15, 0.2) is 24.3 Å². The van der Waals surface area contributed by atoms with E-state index in [4.69, 9.17) is 14.5 Å². The molecule has 1 aromatic heterocycles. The first-order valence-corrected chi connectivity index (χ1v) is 8.77. The molecule has 2 aromatic rings. The summed E-state index contributed by atoms with van der Waals surface area (Å²) in [6.45, 7) is 8.21. The molecule has 0 saturated carbocycles. The molecule has 0 spiro atoms.